The molecule has 1 amide bonds. The lowest BCUT2D eigenvalue weighted by Gasteiger charge is -2.13. The van der Waals surface area contributed by atoms with Gasteiger partial charge in [-0.05, 0) is 17.5 Å². The number of nitrogens with one attached hydrogen (secondary N) is 1. The zero-order valence-electron chi connectivity index (χ0n) is 10.3. The third-order valence-corrected chi connectivity index (χ3v) is 3.14. The van der Waals surface area contributed by atoms with E-state index in [1.54, 1.807) is 12.1 Å². The van der Waals surface area contributed by atoms with E-state index in [-0.39, 0.29) is 12.6 Å². The Morgan fingerprint density at radius 2 is 2.11 bits per heavy atom. The fourth-order valence-electron chi connectivity index (χ4n) is 2.32. The van der Waals surface area contributed by atoms with E-state index >= 15 is 0 Å². The van der Waals surface area contributed by atoms with Gasteiger partial charge in [0.15, 0.2) is 0 Å². The maximum absolute atomic E-state index is 11.5. The lowest BCUT2D eigenvalue weighted by atomic mass is 10.0. The van der Waals surface area contributed by atoms with Crippen LogP contribution in [0.2, 0.25) is 0 Å². The number of carbonyl (C=O) groups excluding carboxylic acids is 1. The van der Waals surface area contributed by atoms with Crippen molar-refractivity contribution < 1.29 is 19.4 Å². The first-order valence-corrected chi connectivity index (χ1v) is 5.99. The molecule has 0 radical (unpaired) electrons. The van der Waals surface area contributed by atoms with E-state index in [1.165, 1.54) is 6.08 Å². The minimum atomic E-state index is -0.879. The predicted octanol–water partition coefficient (Wildman–Crippen LogP) is 2.21. The van der Waals surface area contributed by atoms with E-state index in [9.17, 15) is 14.7 Å². The summed E-state index contributed by atoms with van der Waals surface area (Å²) in [4.78, 5) is 22.7. The van der Waals surface area contributed by atoms with Gasteiger partial charge in [-0.2, -0.15) is 0 Å². The van der Waals surface area contributed by atoms with Crippen molar-refractivity contribution in [2.75, 3.05) is 6.61 Å². The van der Waals surface area contributed by atoms with Crippen LogP contribution in [0.5, 0.6) is 0 Å². The number of fused-ring (bicyclic) bond motifs is 1. The molecule has 19 heavy (non-hydrogen) atoms. The second-order valence-electron chi connectivity index (χ2n) is 4.34. The van der Waals surface area contributed by atoms with Gasteiger partial charge < -0.3 is 15.2 Å². The maximum atomic E-state index is 11.5. The Morgan fingerprint density at radius 1 is 1.42 bits per heavy atom. The molecule has 0 fully saturated rings. The molecule has 0 saturated heterocycles. The molecule has 1 aliphatic rings. The van der Waals surface area contributed by atoms with Crippen molar-refractivity contribution in [3.05, 3.63) is 48.0 Å². The summed E-state index contributed by atoms with van der Waals surface area (Å²) in [7, 11) is 0. The molecule has 2 N–H and O–H groups in total. The smallest absolute Gasteiger partial charge is 0.407 e. The highest BCUT2D eigenvalue weighted by molar-refractivity contribution is 5.79. The first-order valence-electron chi connectivity index (χ1n) is 5.99. The van der Waals surface area contributed by atoms with Crippen LogP contribution in [-0.4, -0.2) is 23.8 Å². The van der Waals surface area contributed by atoms with Crippen molar-refractivity contribution in [1.29, 1.82) is 0 Å². The van der Waals surface area contributed by atoms with Crippen LogP contribution in [0.4, 0.5) is 4.79 Å². The van der Waals surface area contributed by atoms with Crippen LogP contribution in [0, 0.1) is 0 Å². The molecule has 100 valence electrons. The molecule has 1 aromatic rings. The summed E-state index contributed by atoms with van der Waals surface area (Å²) in [5, 5.41) is 11.9. The van der Waals surface area contributed by atoms with Gasteiger partial charge in [-0.3, -0.25) is 4.79 Å². The van der Waals surface area contributed by atoms with E-state index in [0.717, 1.165) is 11.1 Å². The average Bonchev–Trinajstić information content (AvgIpc) is 2.76. The minimum absolute atomic E-state index is 0.128. The molecule has 5 nitrogen and oxygen atoms in total. The highest BCUT2D eigenvalue weighted by atomic mass is 16.5. The summed E-state index contributed by atoms with van der Waals surface area (Å²) >= 11 is 0. The van der Waals surface area contributed by atoms with Gasteiger partial charge in [0, 0.05) is 0 Å². The zero-order chi connectivity index (χ0) is 13.8. The molecule has 2 atom stereocenters. The zero-order valence-corrected chi connectivity index (χ0v) is 10.3. The van der Waals surface area contributed by atoms with Crippen LogP contribution in [0.1, 0.15) is 29.5 Å². The molecule has 0 aromatic heterocycles. The van der Waals surface area contributed by atoms with Crippen molar-refractivity contribution in [2.24, 2.45) is 0 Å². The first kappa shape index (κ1) is 13.1. The highest BCUT2D eigenvalue weighted by Crippen LogP contribution is 2.40. The number of hydrogen-bond donors (Lipinski definition) is 2. The van der Waals surface area contributed by atoms with Crippen molar-refractivity contribution >= 4 is 12.1 Å². The summed E-state index contributed by atoms with van der Waals surface area (Å²) in [6.45, 7) is 3.58. The van der Waals surface area contributed by atoms with E-state index < -0.39 is 18.0 Å². The van der Waals surface area contributed by atoms with Crippen LogP contribution >= 0.6 is 0 Å². The fraction of sp³-hybridized carbons (Fsp3) is 0.286. The van der Waals surface area contributed by atoms with E-state index in [2.05, 4.69) is 11.9 Å². The molecule has 0 aliphatic heterocycles. The largest absolute Gasteiger partial charge is 0.481 e. The van der Waals surface area contributed by atoms with Crippen LogP contribution in [0.25, 0.3) is 0 Å². The molecule has 2 rings (SSSR count). The molecular formula is C14H15NO4. The summed E-state index contributed by atoms with van der Waals surface area (Å²) < 4.78 is 4.85. The lowest BCUT2D eigenvalue weighted by Crippen LogP contribution is -2.28. The number of rotatable bonds is 4. The summed E-state index contributed by atoms with van der Waals surface area (Å²) in [5.74, 6) is -1.46. The van der Waals surface area contributed by atoms with Crippen molar-refractivity contribution in [3.8, 4) is 0 Å². The highest BCUT2D eigenvalue weighted by Gasteiger charge is 2.35. The first-order chi connectivity index (χ1) is 9.13. The molecular weight excluding hydrogens is 246 g/mol. The number of alkyl carbamates (subject to hydrolysis) is 1. The average molecular weight is 261 g/mol. The molecule has 0 heterocycles. The van der Waals surface area contributed by atoms with Gasteiger partial charge in [0.1, 0.15) is 6.61 Å². The van der Waals surface area contributed by atoms with Gasteiger partial charge in [-0.25, -0.2) is 4.79 Å². The summed E-state index contributed by atoms with van der Waals surface area (Å²) in [5.41, 5.74) is 1.59. The van der Waals surface area contributed by atoms with Crippen LogP contribution in [0.3, 0.4) is 0 Å². The number of carboxylic acids is 1. The number of hydrogen-bond acceptors (Lipinski definition) is 3. The van der Waals surface area contributed by atoms with Crippen LogP contribution in [-0.2, 0) is 9.53 Å². The molecule has 0 saturated carbocycles. The topological polar surface area (TPSA) is 75.6 Å². The van der Waals surface area contributed by atoms with Crippen molar-refractivity contribution in [2.45, 2.75) is 18.4 Å². The van der Waals surface area contributed by atoms with Gasteiger partial charge in [0.25, 0.3) is 0 Å². The Kier molecular flexibility index (Phi) is 3.85. The van der Waals surface area contributed by atoms with Gasteiger partial charge in [0.2, 0.25) is 0 Å². The van der Waals surface area contributed by atoms with E-state index in [4.69, 9.17) is 4.74 Å². The number of amides is 1. The van der Waals surface area contributed by atoms with E-state index in [0.29, 0.717) is 6.42 Å². The minimum Gasteiger partial charge on any atom is -0.481 e. The van der Waals surface area contributed by atoms with Gasteiger partial charge in [0.05, 0.1) is 12.0 Å². The molecule has 0 bridgehead atoms. The Morgan fingerprint density at radius 3 is 2.74 bits per heavy atom. The van der Waals surface area contributed by atoms with Crippen molar-refractivity contribution in [3.63, 3.8) is 0 Å². The quantitative estimate of drug-likeness (QED) is 0.815. The molecule has 1 aromatic carbocycles. The number of carboxylic acid groups (broad SMARTS) is 1. The van der Waals surface area contributed by atoms with Gasteiger partial charge in [-0.15, -0.1) is 0 Å². The molecule has 5 heteroatoms. The second-order valence-corrected chi connectivity index (χ2v) is 4.34. The molecule has 0 spiro atoms. The SMILES string of the molecule is C=CCOC(=O)NC1CC(C(=O)O)c2ccccc21. The Labute approximate surface area is 110 Å². The number of ether oxygens (including phenoxy) is 1. The lowest BCUT2D eigenvalue weighted by molar-refractivity contribution is -0.138. The summed E-state index contributed by atoms with van der Waals surface area (Å²) in [6.07, 6.45) is 1.26. The number of carbonyl (C=O) groups is 2. The third kappa shape index (κ3) is 2.76. The van der Waals surface area contributed by atoms with Crippen molar-refractivity contribution in [1.82, 2.24) is 5.32 Å². The number of benzene rings is 1. The van der Waals surface area contributed by atoms with Gasteiger partial charge >= 0.3 is 12.1 Å². The van der Waals surface area contributed by atoms with E-state index in [1.807, 2.05) is 12.1 Å². The number of aliphatic carboxylic acids is 1. The molecule has 2 unspecified atom stereocenters. The maximum Gasteiger partial charge on any atom is 0.407 e. The Hall–Kier alpha value is -2.30. The fourth-order valence-corrected chi connectivity index (χ4v) is 2.32. The Balaban J connectivity index is 2.14. The van der Waals surface area contributed by atoms with Crippen LogP contribution in [0.15, 0.2) is 36.9 Å². The summed E-state index contributed by atoms with van der Waals surface area (Å²) in [6, 6.07) is 6.91. The standard InChI is InChI=1S/C14H15NO4/c1-2-7-19-14(18)15-12-8-11(13(16)17)9-5-3-4-6-10(9)12/h2-6,11-12H,1,7-8H2,(H,15,18)(H,16,17). The second kappa shape index (κ2) is 5.56. The monoisotopic (exact) mass is 261 g/mol. The predicted molar refractivity (Wildman–Crippen MR) is 68.9 cm³/mol. The third-order valence-electron chi connectivity index (χ3n) is 3.14. The Bertz CT molecular complexity index is 512. The van der Waals surface area contributed by atoms with Gasteiger partial charge in [-0.1, -0.05) is 36.9 Å². The molecule has 1 aliphatic carbocycles. The normalized spacial score (nSPS) is 20.4. The van der Waals surface area contributed by atoms with Crippen LogP contribution < -0.4 is 5.32 Å².